The number of anilines is 2. The van der Waals surface area contributed by atoms with E-state index in [1.807, 2.05) is 18.7 Å². The molecule has 11 heteroatoms. The highest BCUT2D eigenvalue weighted by atomic mass is 32.2. The molecule has 2 aliphatic rings. The van der Waals surface area contributed by atoms with Crippen LogP contribution in [0.5, 0.6) is 0 Å². The molecule has 4 amide bonds. The lowest BCUT2D eigenvalue weighted by Gasteiger charge is -2.26. The first-order chi connectivity index (χ1) is 16.0. The van der Waals surface area contributed by atoms with Gasteiger partial charge in [0.05, 0.1) is 16.3 Å². The number of hydrogen-bond acceptors (Lipinski definition) is 6. The van der Waals surface area contributed by atoms with Crippen LogP contribution in [0.1, 0.15) is 47.5 Å². The van der Waals surface area contributed by atoms with Gasteiger partial charge in [-0.2, -0.15) is 4.31 Å². The number of sulfonamides is 1. The number of urea groups is 1. The Morgan fingerprint density at radius 3 is 2.26 bits per heavy atom. The minimum atomic E-state index is -3.74. The number of amides is 4. The van der Waals surface area contributed by atoms with Gasteiger partial charge in [0.2, 0.25) is 15.9 Å². The topological polar surface area (TPSA) is 119 Å². The van der Waals surface area contributed by atoms with Crippen molar-refractivity contribution in [2.45, 2.75) is 57.9 Å². The molecule has 0 radical (unpaired) electrons. The van der Waals surface area contributed by atoms with Crippen LogP contribution in [0.4, 0.5) is 16.2 Å². The van der Waals surface area contributed by atoms with Crippen molar-refractivity contribution in [2.75, 3.05) is 42.9 Å². The lowest BCUT2D eigenvalue weighted by atomic mass is 9.96. The Morgan fingerprint density at radius 2 is 1.74 bits per heavy atom. The maximum absolute atomic E-state index is 13.1. The summed E-state index contributed by atoms with van der Waals surface area (Å²) in [6.07, 6.45) is 1.73. The van der Waals surface area contributed by atoms with Crippen molar-refractivity contribution in [3.05, 3.63) is 18.2 Å². The monoisotopic (exact) mass is 493 g/mol. The number of nitrogens with one attached hydrogen (secondary N) is 2. The van der Waals surface area contributed by atoms with E-state index >= 15 is 0 Å². The van der Waals surface area contributed by atoms with Crippen LogP contribution < -0.4 is 15.5 Å². The molecule has 1 aromatic carbocycles. The number of carbonyl (C=O) groups excluding carboxylic acids is 3. The molecule has 2 N–H and O–H groups in total. The highest BCUT2D eigenvalue weighted by molar-refractivity contribution is 7.89. The molecule has 0 bridgehead atoms. The van der Waals surface area contributed by atoms with Gasteiger partial charge in [0.1, 0.15) is 12.1 Å². The maximum atomic E-state index is 13.1. The molecule has 1 aliphatic carbocycles. The highest BCUT2D eigenvalue weighted by Crippen LogP contribution is 2.42. The molecular weight excluding hydrogens is 458 g/mol. The van der Waals surface area contributed by atoms with Gasteiger partial charge in [0, 0.05) is 26.2 Å². The summed E-state index contributed by atoms with van der Waals surface area (Å²) >= 11 is 0. The molecule has 1 aliphatic heterocycles. The lowest BCUT2D eigenvalue weighted by Crippen LogP contribution is -2.46. The van der Waals surface area contributed by atoms with Gasteiger partial charge in [0.25, 0.3) is 5.91 Å². The molecular formula is C23H35N5O5S. The third-order valence-electron chi connectivity index (χ3n) is 6.69. The lowest BCUT2D eigenvalue weighted by molar-refractivity contribution is -0.134. The molecule has 10 nitrogen and oxygen atoms in total. The smallest absolute Gasteiger partial charge is 0.325 e. The predicted molar refractivity (Wildman–Crippen MR) is 130 cm³/mol. The average molecular weight is 494 g/mol. The predicted octanol–water partition coefficient (Wildman–Crippen LogP) is 2.22. The van der Waals surface area contributed by atoms with Crippen molar-refractivity contribution in [3.63, 3.8) is 0 Å². The number of nitrogens with zero attached hydrogens (tertiary/aromatic N) is 3. The van der Waals surface area contributed by atoms with Crippen molar-refractivity contribution in [1.82, 2.24) is 14.5 Å². The van der Waals surface area contributed by atoms with Gasteiger partial charge >= 0.3 is 6.03 Å². The van der Waals surface area contributed by atoms with Crippen LogP contribution in [0.25, 0.3) is 0 Å². The molecule has 34 heavy (non-hydrogen) atoms. The van der Waals surface area contributed by atoms with E-state index < -0.39 is 40.0 Å². The number of hydrogen-bond donors (Lipinski definition) is 2. The number of carbonyl (C=O) groups is 3. The molecule has 188 valence electrons. The second kappa shape index (κ2) is 9.91. The summed E-state index contributed by atoms with van der Waals surface area (Å²) in [7, 11) is -3.74. The summed E-state index contributed by atoms with van der Waals surface area (Å²) in [5, 5.41) is 5.48. The van der Waals surface area contributed by atoms with E-state index in [0.29, 0.717) is 37.6 Å². The van der Waals surface area contributed by atoms with Crippen LogP contribution in [0.3, 0.4) is 0 Å². The van der Waals surface area contributed by atoms with E-state index in [1.165, 1.54) is 16.4 Å². The SMILES string of the molecule is CCN(CC)c1ccc(S(=O)(=O)N(CC)CC)cc1NC(=O)CN1C(=O)NC(C)(C2CC2)C1=O. The molecule has 1 unspecified atom stereocenters. The largest absolute Gasteiger partial charge is 0.370 e. The standard InChI is InChI=1S/C23H35N5O5S/c1-6-26(7-2)19-13-12-17(34(32,33)27(8-3)9-4)14-18(19)24-20(29)15-28-21(30)23(5,16-10-11-16)25-22(28)31/h12-14,16H,6-11,15H2,1-5H3,(H,24,29)(H,25,31). The van der Waals surface area contributed by atoms with Gasteiger partial charge < -0.3 is 15.5 Å². The Bertz CT molecular complexity index is 1060. The zero-order valence-electron chi connectivity index (χ0n) is 20.6. The van der Waals surface area contributed by atoms with E-state index in [9.17, 15) is 22.8 Å². The van der Waals surface area contributed by atoms with E-state index in [4.69, 9.17) is 0 Å². The minimum Gasteiger partial charge on any atom is -0.370 e. The van der Waals surface area contributed by atoms with Gasteiger partial charge in [-0.25, -0.2) is 13.2 Å². The number of rotatable bonds is 11. The highest BCUT2D eigenvalue weighted by Gasteiger charge is 2.56. The van der Waals surface area contributed by atoms with Crippen molar-refractivity contribution < 1.29 is 22.8 Å². The summed E-state index contributed by atoms with van der Waals surface area (Å²) in [6.45, 7) is 10.6. The van der Waals surface area contributed by atoms with Crippen LogP contribution in [-0.4, -0.2) is 73.7 Å². The van der Waals surface area contributed by atoms with Gasteiger partial charge in [0.15, 0.2) is 0 Å². The van der Waals surface area contributed by atoms with Crippen LogP contribution in [0, 0.1) is 5.92 Å². The second-order valence-corrected chi connectivity index (χ2v) is 10.7. The Morgan fingerprint density at radius 1 is 1.12 bits per heavy atom. The fourth-order valence-corrected chi connectivity index (χ4v) is 5.94. The zero-order chi connectivity index (χ0) is 25.3. The summed E-state index contributed by atoms with van der Waals surface area (Å²) in [5.41, 5.74) is 0.0115. The van der Waals surface area contributed by atoms with Crippen molar-refractivity contribution in [3.8, 4) is 0 Å². The van der Waals surface area contributed by atoms with Crippen molar-refractivity contribution in [2.24, 2.45) is 5.92 Å². The fourth-order valence-electron chi connectivity index (χ4n) is 4.46. The minimum absolute atomic E-state index is 0.0682. The number of imide groups is 1. The molecule has 1 saturated heterocycles. The Balaban J connectivity index is 1.88. The molecule has 0 aromatic heterocycles. The van der Waals surface area contributed by atoms with Crippen LogP contribution in [-0.2, 0) is 19.6 Å². The van der Waals surface area contributed by atoms with E-state index in [0.717, 1.165) is 17.7 Å². The fraction of sp³-hybridized carbons (Fsp3) is 0.609. The molecule has 1 saturated carbocycles. The van der Waals surface area contributed by atoms with Crippen LogP contribution in [0.15, 0.2) is 23.1 Å². The second-order valence-electron chi connectivity index (χ2n) is 8.79. The zero-order valence-corrected chi connectivity index (χ0v) is 21.4. The first kappa shape index (κ1) is 26.0. The van der Waals surface area contributed by atoms with Crippen LogP contribution in [0.2, 0.25) is 0 Å². The van der Waals surface area contributed by atoms with E-state index in [-0.39, 0.29) is 10.8 Å². The van der Waals surface area contributed by atoms with E-state index in [1.54, 1.807) is 26.8 Å². The summed E-state index contributed by atoms with van der Waals surface area (Å²) < 4.78 is 27.4. The maximum Gasteiger partial charge on any atom is 0.325 e. The normalized spacial score (nSPS) is 20.6. The third-order valence-corrected chi connectivity index (χ3v) is 8.73. The first-order valence-electron chi connectivity index (χ1n) is 11.9. The van der Waals surface area contributed by atoms with Gasteiger partial charge in [-0.3, -0.25) is 14.5 Å². The molecule has 1 heterocycles. The Kier molecular flexibility index (Phi) is 7.56. The quantitative estimate of drug-likeness (QED) is 0.456. The van der Waals surface area contributed by atoms with E-state index in [2.05, 4.69) is 10.6 Å². The summed E-state index contributed by atoms with van der Waals surface area (Å²) in [4.78, 5) is 41.2. The molecule has 3 rings (SSSR count). The summed E-state index contributed by atoms with van der Waals surface area (Å²) in [6, 6.07) is 4.07. The molecule has 2 fully saturated rings. The molecule has 0 spiro atoms. The molecule has 1 aromatic rings. The van der Waals surface area contributed by atoms with Gasteiger partial charge in [-0.1, -0.05) is 13.8 Å². The molecule has 1 atom stereocenters. The first-order valence-corrected chi connectivity index (χ1v) is 13.3. The third kappa shape index (κ3) is 4.76. The average Bonchev–Trinajstić information content (AvgIpc) is 3.62. The van der Waals surface area contributed by atoms with Gasteiger partial charge in [-0.15, -0.1) is 0 Å². The van der Waals surface area contributed by atoms with Gasteiger partial charge in [-0.05, 0) is 57.7 Å². The Hall–Kier alpha value is -2.66. The van der Waals surface area contributed by atoms with Crippen molar-refractivity contribution in [1.29, 1.82) is 0 Å². The summed E-state index contributed by atoms with van der Waals surface area (Å²) in [5.74, 6) is -0.889. The Labute approximate surface area is 201 Å². The number of benzene rings is 1. The van der Waals surface area contributed by atoms with Crippen LogP contribution >= 0.6 is 0 Å². The van der Waals surface area contributed by atoms with Crippen molar-refractivity contribution >= 4 is 39.2 Å².